The number of carbonyl (C=O) groups excluding carboxylic acids is 1. The zero-order valence-electron chi connectivity index (χ0n) is 16.7. The molecule has 1 amide bonds. The summed E-state index contributed by atoms with van der Waals surface area (Å²) >= 11 is 0. The molecular weight excluding hydrogens is 374 g/mol. The van der Waals surface area contributed by atoms with E-state index in [1.807, 2.05) is 11.0 Å². The SMILES string of the molecule is COc1cc(C(=O)N2CCCC(c3ccnc4ncnn34)C2)cc(OC)c1OC. The van der Waals surface area contributed by atoms with Gasteiger partial charge in [0.25, 0.3) is 11.7 Å². The number of likely N-dealkylation sites (tertiary alicyclic amines) is 1. The molecule has 0 radical (unpaired) electrons. The first-order valence-electron chi connectivity index (χ1n) is 9.40. The Balaban J connectivity index is 1.62. The van der Waals surface area contributed by atoms with Crippen LogP contribution in [0.4, 0.5) is 0 Å². The molecule has 0 spiro atoms. The molecule has 1 atom stereocenters. The lowest BCUT2D eigenvalue weighted by Crippen LogP contribution is -2.39. The second-order valence-corrected chi connectivity index (χ2v) is 6.85. The molecule has 0 N–H and O–H groups in total. The molecule has 1 aliphatic heterocycles. The molecule has 1 unspecified atom stereocenters. The number of benzene rings is 1. The van der Waals surface area contributed by atoms with Crippen molar-refractivity contribution < 1.29 is 19.0 Å². The van der Waals surface area contributed by atoms with Gasteiger partial charge in [-0.05, 0) is 31.0 Å². The highest BCUT2D eigenvalue weighted by Crippen LogP contribution is 2.39. The van der Waals surface area contributed by atoms with Gasteiger partial charge in [0.15, 0.2) is 11.5 Å². The summed E-state index contributed by atoms with van der Waals surface area (Å²) in [6, 6.07) is 5.32. The van der Waals surface area contributed by atoms with E-state index < -0.39 is 0 Å². The topological polar surface area (TPSA) is 91.1 Å². The van der Waals surface area contributed by atoms with Gasteiger partial charge >= 0.3 is 0 Å². The molecule has 1 aliphatic rings. The van der Waals surface area contributed by atoms with Crippen molar-refractivity contribution in [3.8, 4) is 17.2 Å². The van der Waals surface area contributed by atoms with Crippen LogP contribution in [-0.4, -0.2) is 64.8 Å². The first-order valence-corrected chi connectivity index (χ1v) is 9.40. The summed E-state index contributed by atoms with van der Waals surface area (Å²) in [5.41, 5.74) is 1.51. The standard InChI is InChI=1S/C20H23N5O4/c1-27-16-9-14(10-17(28-2)18(16)29-3)19(26)24-8-4-5-13(11-24)15-6-7-21-20-22-12-23-25(15)20/h6-7,9-10,12-13H,4-5,8,11H2,1-3H3. The maximum atomic E-state index is 13.3. The number of amides is 1. The van der Waals surface area contributed by atoms with Crippen LogP contribution in [-0.2, 0) is 0 Å². The Kier molecular flexibility index (Phi) is 5.20. The average molecular weight is 397 g/mol. The van der Waals surface area contributed by atoms with Crippen molar-refractivity contribution in [3.05, 3.63) is 42.0 Å². The average Bonchev–Trinajstić information content (AvgIpc) is 3.26. The lowest BCUT2D eigenvalue weighted by atomic mass is 9.94. The number of methoxy groups -OCH3 is 3. The number of hydrogen-bond acceptors (Lipinski definition) is 7. The Morgan fingerprint density at radius 3 is 2.55 bits per heavy atom. The molecule has 9 heteroatoms. The molecule has 152 valence electrons. The predicted molar refractivity (Wildman–Crippen MR) is 105 cm³/mol. The molecule has 0 saturated carbocycles. The summed E-state index contributed by atoms with van der Waals surface area (Å²) in [7, 11) is 4.61. The number of nitrogens with zero attached hydrogens (tertiary/aromatic N) is 5. The fraction of sp³-hybridized carbons (Fsp3) is 0.400. The van der Waals surface area contributed by atoms with E-state index >= 15 is 0 Å². The molecule has 3 heterocycles. The van der Waals surface area contributed by atoms with Gasteiger partial charge in [-0.25, -0.2) is 9.50 Å². The molecular formula is C20H23N5O4. The molecule has 4 rings (SSSR count). The number of fused-ring (bicyclic) bond motifs is 1. The van der Waals surface area contributed by atoms with Crippen LogP contribution in [0.3, 0.4) is 0 Å². The Morgan fingerprint density at radius 1 is 1.10 bits per heavy atom. The fourth-order valence-electron chi connectivity index (χ4n) is 3.86. The Morgan fingerprint density at radius 2 is 1.86 bits per heavy atom. The van der Waals surface area contributed by atoms with Crippen molar-refractivity contribution >= 4 is 11.7 Å². The van der Waals surface area contributed by atoms with Gasteiger partial charge in [0, 0.05) is 30.8 Å². The van der Waals surface area contributed by atoms with E-state index in [1.165, 1.54) is 27.7 Å². The van der Waals surface area contributed by atoms with E-state index in [0.717, 1.165) is 18.5 Å². The largest absolute Gasteiger partial charge is 0.493 e. The lowest BCUT2D eigenvalue weighted by Gasteiger charge is -2.33. The molecule has 0 bridgehead atoms. The number of piperidine rings is 1. The summed E-state index contributed by atoms with van der Waals surface area (Å²) < 4.78 is 17.9. The number of carbonyl (C=O) groups is 1. The van der Waals surface area contributed by atoms with Crippen molar-refractivity contribution in [1.82, 2.24) is 24.5 Å². The minimum atomic E-state index is -0.0714. The van der Waals surface area contributed by atoms with Gasteiger partial charge in [0.2, 0.25) is 5.75 Å². The molecule has 9 nitrogen and oxygen atoms in total. The smallest absolute Gasteiger partial charge is 0.254 e. The summed E-state index contributed by atoms with van der Waals surface area (Å²) in [6.45, 7) is 1.28. The quantitative estimate of drug-likeness (QED) is 0.652. The summed E-state index contributed by atoms with van der Waals surface area (Å²) in [5.74, 6) is 2.04. The molecule has 29 heavy (non-hydrogen) atoms. The van der Waals surface area contributed by atoms with Crippen molar-refractivity contribution in [3.63, 3.8) is 0 Å². The zero-order chi connectivity index (χ0) is 20.4. The number of aromatic nitrogens is 4. The fourth-order valence-corrected chi connectivity index (χ4v) is 3.86. The van der Waals surface area contributed by atoms with Crippen molar-refractivity contribution in [2.45, 2.75) is 18.8 Å². The van der Waals surface area contributed by atoms with Gasteiger partial charge < -0.3 is 19.1 Å². The second-order valence-electron chi connectivity index (χ2n) is 6.85. The van der Waals surface area contributed by atoms with Crippen LogP contribution < -0.4 is 14.2 Å². The minimum Gasteiger partial charge on any atom is -0.493 e. The Labute approximate surface area is 168 Å². The minimum absolute atomic E-state index is 0.0714. The van der Waals surface area contributed by atoms with Crippen LogP contribution in [0.25, 0.3) is 5.78 Å². The van der Waals surface area contributed by atoms with Gasteiger partial charge in [0.1, 0.15) is 6.33 Å². The first kappa shape index (κ1) is 19.0. The predicted octanol–water partition coefficient (Wildman–Crippen LogP) is 2.17. The van der Waals surface area contributed by atoms with E-state index in [1.54, 1.807) is 22.8 Å². The first-order chi connectivity index (χ1) is 14.2. The zero-order valence-corrected chi connectivity index (χ0v) is 16.7. The summed E-state index contributed by atoms with van der Waals surface area (Å²) in [4.78, 5) is 23.5. The van der Waals surface area contributed by atoms with Gasteiger partial charge in [-0.2, -0.15) is 10.1 Å². The van der Waals surface area contributed by atoms with E-state index in [-0.39, 0.29) is 11.8 Å². The molecule has 3 aromatic rings. The van der Waals surface area contributed by atoms with E-state index in [2.05, 4.69) is 15.1 Å². The number of hydrogen-bond donors (Lipinski definition) is 0. The third-order valence-electron chi connectivity index (χ3n) is 5.25. The van der Waals surface area contributed by atoms with E-state index in [9.17, 15) is 4.79 Å². The van der Waals surface area contributed by atoms with Crippen LogP contribution in [0.5, 0.6) is 17.2 Å². The normalized spacial score (nSPS) is 16.7. The third kappa shape index (κ3) is 3.43. The molecule has 1 fully saturated rings. The monoisotopic (exact) mass is 397 g/mol. The maximum Gasteiger partial charge on any atom is 0.254 e. The van der Waals surface area contributed by atoms with Crippen molar-refractivity contribution in [1.29, 1.82) is 0 Å². The van der Waals surface area contributed by atoms with Gasteiger partial charge in [-0.15, -0.1) is 0 Å². The van der Waals surface area contributed by atoms with Crippen molar-refractivity contribution in [2.24, 2.45) is 0 Å². The highest BCUT2D eigenvalue weighted by molar-refractivity contribution is 5.95. The molecule has 0 aliphatic carbocycles. The van der Waals surface area contributed by atoms with Crippen LogP contribution in [0, 0.1) is 0 Å². The number of ether oxygens (including phenoxy) is 3. The van der Waals surface area contributed by atoms with Crippen LogP contribution >= 0.6 is 0 Å². The lowest BCUT2D eigenvalue weighted by molar-refractivity contribution is 0.0704. The van der Waals surface area contributed by atoms with E-state index in [0.29, 0.717) is 41.7 Å². The maximum absolute atomic E-state index is 13.3. The highest BCUT2D eigenvalue weighted by Gasteiger charge is 2.28. The third-order valence-corrected chi connectivity index (χ3v) is 5.25. The summed E-state index contributed by atoms with van der Waals surface area (Å²) in [6.07, 6.45) is 5.10. The Bertz CT molecular complexity index is 1010. The molecule has 1 aromatic carbocycles. The van der Waals surface area contributed by atoms with Gasteiger partial charge in [0.05, 0.1) is 27.0 Å². The molecule has 1 saturated heterocycles. The van der Waals surface area contributed by atoms with Crippen LogP contribution in [0.2, 0.25) is 0 Å². The van der Waals surface area contributed by atoms with Crippen molar-refractivity contribution in [2.75, 3.05) is 34.4 Å². The van der Waals surface area contributed by atoms with Crippen LogP contribution in [0.15, 0.2) is 30.7 Å². The van der Waals surface area contributed by atoms with Gasteiger partial charge in [-0.3, -0.25) is 4.79 Å². The second kappa shape index (κ2) is 7.94. The van der Waals surface area contributed by atoms with Crippen LogP contribution in [0.1, 0.15) is 34.8 Å². The summed E-state index contributed by atoms with van der Waals surface area (Å²) in [5, 5.41) is 4.28. The Hall–Kier alpha value is -3.36. The van der Waals surface area contributed by atoms with Gasteiger partial charge in [-0.1, -0.05) is 0 Å². The van der Waals surface area contributed by atoms with E-state index in [4.69, 9.17) is 14.2 Å². The highest BCUT2D eigenvalue weighted by atomic mass is 16.5. The molecule has 2 aromatic heterocycles. The number of rotatable bonds is 5.